The Bertz CT molecular complexity index is 527. The van der Waals surface area contributed by atoms with Crippen LogP contribution in [0.5, 0.6) is 0 Å². The fourth-order valence-corrected chi connectivity index (χ4v) is 2.32. The Kier molecular flexibility index (Phi) is 5.22. The number of H-pyrrole nitrogens is 1. The fourth-order valence-electron chi connectivity index (χ4n) is 2.04. The van der Waals surface area contributed by atoms with Crippen molar-refractivity contribution in [3.05, 3.63) is 35.0 Å². The summed E-state index contributed by atoms with van der Waals surface area (Å²) in [6.07, 6.45) is 0.0492. The zero-order valence-electron chi connectivity index (χ0n) is 11.2. The highest BCUT2D eigenvalue weighted by atomic mass is 35.5. The molecular formula is C14H19ClN2O2. The third-order valence-corrected chi connectivity index (χ3v) is 3.51. The van der Waals surface area contributed by atoms with Crippen LogP contribution in [0.4, 0.5) is 0 Å². The van der Waals surface area contributed by atoms with Crippen LogP contribution in [0.2, 0.25) is 5.02 Å². The Labute approximate surface area is 118 Å². The molecule has 0 amide bonds. The van der Waals surface area contributed by atoms with Gasteiger partial charge in [0.2, 0.25) is 0 Å². The average molecular weight is 283 g/mol. The highest BCUT2D eigenvalue weighted by Gasteiger charge is 2.10. The molecule has 0 fully saturated rings. The lowest BCUT2D eigenvalue weighted by Crippen LogP contribution is -2.31. The second-order valence-corrected chi connectivity index (χ2v) is 4.79. The van der Waals surface area contributed by atoms with Gasteiger partial charge in [-0.25, -0.2) is 0 Å². The molecule has 0 aliphatic carbocycles. The molecule has 104 valence electrons. The van der Waals surface area contributed by atoms with E-state index in [4.69, 9.17) is 21.1 Å². The van der Waals surface area contributed by atoms with E-state index in [0.717, 1.165) is 28.2 Å². The summed E-state index contributed by atoms with van der Waals surface area (Å²) in [5, 5.41) is 5.16. The largest absolute Gasteiger partial charge is 0.382 e. The molecule has 4 nitrogen and oxygen atoms in total. The van der Waals surface area contributed by atoms with Crippen molar-refractivity contribution < 1.29 is 9.47 Å². The van der Waals surface area contributed by atoms with Gasteiger partial charge in [-0.2, -0.15) is 0 Å². The van der Waals surface area contributed by atoms with E-state index in [-0.39, 0.29) is 6.10 Å². The van der Waals surface area contributed by atoms with Crippen LogP contribution in [0, 0.1) is 0 Å². The van der Waals surface area contributed by atoms with E-state index in [0.29, 0.717) is 13.2 Å². The molecule has 2 rings (SSSR count). The molecule has 0 radical (unpaired) electrons. The number of para-hydroxylation sites is 1. The number of benzene rings is 1. The summed E-state index contributed by atoms with van der Waals surface area (Å²) in [4.78, 5) is 3.32. The molecule has 2 aromatic rings. The number of nitrogens with one attached hydrogen (secondary N) is 2. The van der Waals surface area contributed by atoms with E-state index in [9.17, 15) is 0 Å². The standard InChI is InChI=1S/C14H19ClN2O2/c1-18-9-10(19-2)7-16-8-13-14(15)11-5-3-4-6-12(11)17-13/h3-6,10,16-17H,7-9H2,1-2H3. The minimum absolute atomic E-state index is 0.0492. The van der Waals surface area contributed by atoms with Crippen molar-refractivity contribution in [2.24, 2.45) is 0 Å². The van der Waals surface area contributed by atoms with Gasteiger partial charge in [-0.15, -0.1) is 0 Å². The molecule has 19 heavy (non-hydrogen) atoms. The summed E-state index contributed by atoms with van der Waals surface area (Å²) in [6.45, 7) is 1.97. The molecule has 0 aliphatic heterocycles. The molecular weight excluding hydrogens is 264 g/mol. The summed E-state index contributed by atoms with van der Waals surface area (Å²) in [6, 6.07) is 8.01. The van der Waals surface area contributed by atoms with E-state index >= 15 is 0 Å². The molecule has 0 aliphatic rings. The van der Waals surface area contributed by atoms with Crippen molar-refractivity contribution in [1.29, 1.82) is 0 Å². The number of rotatable bonds is 7. The molecule has 0 saturated carbocycles. The average Bonchev–Trinajstić information content (AvgIpc) is 2.75. The van der Waals surface area contributed by atoms with Gasteiger partial charge in [-0.1, -0.05) is 29.8 Å². The quantitative estimate of drug-likeness (QED) is 0.820. The van der Waals surface area contributed by atoms with Gasteiger partial charge >= 0.3 is 0 Å². The zero-order valence-corrected chi connectivity index (χ0v) is 12.0. The molecule has 1 aromatic carbocycles. The van der Waals surface area contributed by atoms with E-state index in [2.05, 4.69) is 10.3 Å². The number of fused-ring (bicyclic) bond motifs is 1. The van der Waals surface area contributed by atoms with Gasteiger partial charge in [0.1, 0.15) is 0 Å². The minimum atomic E-state index is 0.0492. The SMILES string of the molecule is COCC(CNCc1[nH]c2ccccc2c1Cl)OC. The summed E-state index contributed by atoms with van der Waals surface area (Å²) in [7, 11) is 3.35. The predicted octanol–water partition coefficient (Wildman–Crippen LogP) is 2.57. The summed E-state index contributed by atoms with van der Waals surface area (Å²) >= 11 is 6.34. The number of hydrogen-bond acceptors (Lipinski definition) is 3. The summed E-state index contributed by atoms with van der Waals surface area (Å²) in [5.74, 6) is 0. The maximum atomic E-state index is 6.34. The number of aromatic nitrogens is 1. The Morgan fingerprint density at radius 3 is 2.79 bits per heavy atom. The van der Waals surface area contributed by atoms with Crippen LogP contribution in [0.15, 0.2) is 24.3 Å². The summed E-state index contributed by atoms with van der Waals surface area (Å²) < 4.78 is 10.4. The highest BCUT2D eigenvalue weighted by molar-refractivity contribution is 6.36. The molecule has 0 spiro atoms. The van der Waals surface area contributed by atoms with Crippen molar-refractivity contribution in [2.75, 3.05) is 27.4 Å². The van der Waals surface area contributed by atoms with E-state index in [1.807, 2.05) is 24.3 Å². The fraction of sp³-hybridized carbons (Fsp3) is 0.429. The maximum Gasteiger partial charge on any atom is 0.0928 e. The van der Waals surface area contributed by atoms with Crippen molar-refractivity contribution in [1.82, 2.24) is 10.3 Å². The number of hydrogen-bond donors (Lipinski definition) is 2. The number of methoxy groups -OCH3 is 2. The van der Waals surface area contributed by atoms with Crippen LogP contribution in [0.25, 0.3) is 10.9 Å². The van der Waals surface area contributed by atoms with Crippen LogP contribution in [0.1, 0.15) is 5.69 Å². The Balaban J connectivity index is 1.96. The van der Waals surface area contributed by atoms with Gasteiger partial charge in [0.25, 0.3) is 0 Å². The van der Waals surface area contributed by atoms with Crippen molar-refractivity contribution in [3.63, 3.8) is 0 Å². The van der Waals surface area contributed by atoms with Gasteiger partial charge in [0, 0.05) is 43.9 Å². The molecule has 1 heterocycles. The van der Waals surface area contributed by atoms with E-state index in [1.165, 1.54) is 0 Å². The van der Waals surface area contributed by atoms with Crippen LogP contribution in [-0.2, 0) is 16.0 Å². The van der Waals surface area contributed by atoms with Crippen molar-refractivity contribution in [2.45, 2.75) is 12.6 Å². The monoisotopic (exact) mass is 282 g/mol. The first-order valence-electron chi connectivity index (χ1n) is 6.23. The van der Waals surface area contributed by atoms with E-state index < -0.39 is 0 Å². The van der Waals surface area contributed by atoms with Crippen LogP contribution >= 0.6 is 11.6 Å². The third-order valence-electron chi connectivity index (χ3n) is 3.07. The zero-order chi connectivity index (χ0) is 13.7. The normalized spacial score (nSPS) is 13.0. The highest BCUT2D eigenvalue weighted by Crippen LogP contribution is 2.26. The van der Waals surface area contributed by atoms with E-state index in [1.54, 1.807) is 14.2 Å². The molecule has 1 unspecified atom stereocenters. The second kappa shape index (κ2) is 6.91. The lowest BCUT2D eigenvalue weighted by molar-refractivity contribution is 0.0287. The molecule has 2 N–H and O–H groups in total. The van der Waals surface area contributed by atoms with Crippen LogP contribution in [-0.4, -0.2) is 38.5 Å². The molecule has 5 heteroatoms. The maximum absolute atomic E-state index is 6.34. The first kappa shape index (κ1) is 14.3. The first-order chi connectivity index (χ1) is 9.26. The third kappa shape index (κ3) is 3.48. The molecule has 0 bridgehead atoms. The summed E-state index contributed by atoms with van der Waals surface area (Å²) in [5.41, 5.74) is 2.06. The van der Waals surface area contributed by atoms with Gasteiger partial charge < -0.3 is 19.8 Å². The van der Waals surface area contributed by atoms with Gasteiger partial charge in [-0.3, -0.25) is 0 Å². The Hall–Kier alpha value is -1.07. The number of ether oxygens (including phenoxy) is 2. The topological polar surface area (TPSA) is 46.3 Å². The lowest BCUT2D eigenvalue weighted by atomic mass is 10.2. The number of halogens is 1. The minimum Gasteiger partial charge on any atom is -0.382 e. The second-order valence-electron chi connectivity index (χ2n) is 4.41. The Morgan fingerprint density at radius 2 is 2.11 bits per heavy atom. The van der Waals surface area contributed by atoms with Crippen LogP contribution in [0.3, 0.4) is 0 Å². The smallest absolute Gasteiger partial charge is 0.0928 e. The lowest BCUT2D eigenvalue weighted by Gasteiger charge is -2.14. The first-order valence-corrected chi connectivity index (χ1v) is 6.61. The number of aromatic amines is 1. The molecule has 1 aromatic heterocycles. The van der Waals surface area contributed by atoms with Crippen molar-refractivity contribution >= 4 is 22.5 Å². The van der Waals surface area contributed by atoms with Gasteiger partial charge in [-0.05, 0) is 6.07 Å². The van der Waals surface area contributed by atoms with Gasteiger partial charge in [0.05, 0.1) is 17.7 Å². The predicted molar refractivity (Wildman–Crippen MR) is 77.7 cm³/mol. The molecule has 0 saturated heterocycles. The van der Waals surface area contributed by atoms with Crippen LogP contribution < -0.4 is 5.32 Å². The Morgan fingerprint density at radius 1 is 1.32 bits per heavy atom. The van der Waals surface area contributed by atoms with Gasteiger partial charge in [0.15, 0.2) is 0 Å². The molecule has 1 atom stereocenters. The van der Waals surface area contributed by atoms with Crippen molar-refractivity contribution in [3.8, 4) is 0 Å².